The Morgan fingerprint density at radius 3 is 2.57 bits per heavy atom. The highest BCUT2D eigenvalue weighted by molar-refractivity contribution is 8.13. The SMILES string of the molecule is CCOC(=O)C(NC(=O)C(CCc1ccccc1)CSC(C)=O)c1ccc(Cn2cc(C(N)=O)nn2)s1. The maximum Gasteiger partial charge on any atom is 0.334 e. The van der Waals surface area contributed by atoms with Crippen LogP contribution in [0.25, 0.3) is 0 Å². The molecule has 196 valence electrons. The second-order valence-corrected chi connectivity index (χ2v) is 10.6. The van der Waals surface area contributed by atoms with Crippen molar-refractivity contribution in [2.24, 2.45) is 11.7 Å². The van der Waals surface area contributed by atoms with E-state index in [9.17, 15) is 19.2 Å². The van der Waals surface area contributed by atoms with Crippen molar-refractivity contribution in [3.05, 3.63) is 69.7 Å². The minimum atomic E-state index is -0.996. The Balaban J connectivity index is 1.75. The zero-order valence-corrected chi connectivity index (χ0v) is 22.2. The number of thioether (sulfide) groups is 1. The minimum absolute atomic E-state index is 0.0541. The highest BCUT2D eigenvalue weighted by Gasteiger charge is 2.29. The summed E-state index contributed by atoms with van der Waals surface area (Å²) >= 11 is 2.40. The van der Waals surface area contributed by atoms with Crippen LogP contribution in [0.2, 0.25) is 0 Å². The number of primary amides is 1. The number of rotatable bonds is 13. The van der Waals surface area contributed by atoms with Crippen LogP contribution in [0.5, 0.6) is 0 Å². The predicted molar refractivity (Wildman–Crippen MR) is 141 cm³/mol. The summed E-state index contributed by atoms with van der Waals surface area (Å²) in [4.78, 5) is 50.4. The standard InChI is InChI=1S/C25H29N5O5S2/c1-3-35-25(34)22(21-12-11-19(37-21)13-30-14-20(23(26)32)28-29-30)27-24(33)18(15-36-16(2)31)10-9-17-7-5-4-6-8-17/h4-8,11-12,14,18,22H,3,9-10,13,15H2,1-2H3,(H2,26,32)(H,27,33). The third-order valence-corrected chi connectivity index (χ3v) is 7.48. The van der Waals surface area contributed by atoms with Gasteiger partial charge in [-0.3, -0.25) is 14.4 Å². The van der Waals surface area contributed by atoms with Gasteiger partial charge < -0.3 is 15.8 Å². The molecule has 2 atom stereocenters. The van der Waals surface area contributed by atoms with Gasteiger partial charge >= 0.3 is 5.97 Å². The van der Waals surface area contributed by atoms with Gasteiger partial charge in [-0.05, 0) is 37.5 Å². The summed E-state index contributed by atoms with van der Waals surface area (Å²) in [5.74, 6) is -1.73. The van der Waals surface area contributed by atoms with Gasteiger partial charge in [-0.1, -0.05) is 47.3 Å². The number of thiophene rings is 1. The molecule has 1 aromatic carbocycles. The number of ether oxygens (including phenoxy) is 1. The molecule has 2 amide bonds. The highest BCUT2D eigenvalue weighted by atomic mass is 32.2. The van der Waals surface area contributed by atoms with Gasteiger partial charge in [-0.2, -0.15) is 0 Å². The Hall–Kier alpha value is -3.51. The number of nitrogens with one attached hydrogen (secondary N) is 1. The Morgan fingerprint density at radius 2 is 1.92 bits per heavy atom. The molecule has 3 N–H and O–H groups in total. The van der Waals surface area contributed by atoms with Gasteiger partial charge in [-0.15, -0.1) is 16.4 Å². The maximum absolute atomic E-state index is 13.3. The minimum Gasteiger partial charge on any atom is -0.464 e. The number of aromatic nitrogens is 3. The molecule has 10 nitrogen and oxygen atoms in total. The summed E-state index contributed by atoms with van der Waals surface area (Å²) in [5.41, 5.74) is 6.37. The van der Waals surface area contributed by atoms with E-state index in [1.54, 1.807) is 13.0 Å². The lowest BCUT2D eigenvalue weighted by Gasteiger charge is -2.21. The van der Waals surface area contributed by atoms with Crippen LogP contribution in [0.1, 0.15) is 52.1 Å². The summed E-state index contributed by atoms with van der Waals surface area (Å²) in [5, 5.41) is 10.4. The fraction of sp³-hybridized carbons (Fsp3) is 0.360. The number of benzene rings is 1. The number of carbonyl (C=O) groups is 4. The van der Waals surface area contributed by atoms with E-state index < -0.39 is 23.8 Å². The summed E-state index contributed by atoms with van der Waals surface area (Å²) in [6.07, 6.45) is 2.63. The average Bonchev–Trinajstić information content (AvgIpc) is 3.53. The Morgan fingerprint density at radius 1 is 1.16 bits per heavy atom. The first kappa shape index (κ1) is 28.1. The van der Waals surface area contributed by atoms with Gasteiger partial charge in [0, 0.05) is 28.3 Å². The fourth-order valence-electron chi connectivity index (χ4n) is 3.51. The van der Waals surface area contributed by atoms with E-state index >= 15 is 0 Å². The molecule has 2 heterocycles. The van der Waals surface area contributed by atoms with Crippen LogP contribution in [-0.4, -0.2) is 50.3 Å². The van der Waals surface area contributed by atoms with E-state index in [1.165, 1.54) is 29.1 Å². The van der Waals surface area contributed by atoms with Gasteiger partial charge in [0.1, 0.15) is 0 Å². The molecule has 2 aromatic heterocycles. The first-order valence-electron chi connectivity index (χ1n) is 11.7. The smallest absolute Gasteiger partial charge is 0.334 e. The molecular formula is C25H29N5O5S2. The van der Waals surface area contributed by atoms with Gasteiger partial charge in [0.05, 0.1) is 19.3 Å². The molecular weight excluding hydrogens is 514 g/mol. The second kappa shape index (κ2) is 13.7. The molecule has 0 radical (unpaired) electrons. The number of amides is 2. The second-order valence-electron chi connectivity index (χ2n) is 8.19. The highest BCUT2D eigenvalue weighted by Crippen LogP contribution is 2.27. The van der Waals surface area contributed by atoms with Crippen LogP contribution >= 0.6 is 23.1 Å². The molecule has 0 bridgehead atoms. The third-order valence-electron chi connectivity index (χ3n) is 5.37. The van der Waals surface area contributed by atoms with E-state index in [0.29, 0.717) is 30.0 Å². The maximum atomic E-state index is 13.3. The predicted octanol–water partition coefficient (Wildman–Crippen LogP) is 2.74. The number of nitrogens with two attached hydrogens (primary N) is 1. The molecule has 0 spiro atoms. The first-order chi connectivity index (χ1) is 17.8. The molecule has 0 saturated carbocycles. The molecule has 0 saturated heterocycles. The van der Waals surface area contributed by atoms with Crippen LogP contribution in [-0.2, 0) is 32.1 Å². The molecule has 3 rings (SSSR count). The zero-order chi connectivity index (χ0) is 26.8. The topological polar surface area (TPSA) is 146 Å². The number of nitrogens with zero attached hydrogens (tertiary/aromatic N) is 3. The third kappa shape index (κ3) is 8.53. The van der Waals surface area contributed by atoms with Gasteiger partial charge in [0.15, 0.2) is 16.9 Å². The molecule has 0 aliphatic carbocycles. The van der Waals surface area contributed by atoms with Crippen molar-refractivity contribution < 1.29 is 23.9 Å². The van der Waals surface area contributed by atoms with Crippen molar-refractivity contribution in [3.8, 4) is 0 Å². The van der Waals surface area contributed by atoms with Crippen molar-refractivity contribution in [1.29, 1.82) is 0 Å². The Bertz CT molecular complexity index is 1230. The number of esters is 1. The number of hydrogen-bond acceptors (Lipinski definition) is 9. The van der Waals surface area contributed by atoms with Gasteiger partial charge in [0.2, 0.25) is 5.91 Å². The van der Waals surface area contributed by atoms with Crippen molar-refractivity contribution in [2.75, 3.05) is 12.4 Å². The van der Waals surface area contributed by atoms with E-state index in [-0.39, 0.29) is 23.3 Å². The number of carbonyl (C=O) groups excluding carboxylic acids is 4. The number of hydrogen-bond donors (Lipinski definition) is 2. The lowest BCUT2D eigenvalue weighted by molar-refractivity contribution is -0.148. The average molecular weight is 544 g/mol. The van der Waals surface area contributed by atoms with Crippen LogP contribution < -0.4 is 11.1 Å². The first-order valence-corrected chi connectivity index (χ1v) is 13.5. The quantitative estimate of drug-likeness (QED) is 0.313. The molecule has 2 unspecified atom stereocenters. The largest absolute Gasteiger partial charge is 0.464 e. The molecule has 0 aliphatic heterocycles. The van der Waals surface area contributed by atoms with Gasteiger partial charge in [-0.25, -0.2) is 9.48 Å². The lowest BCUT2D eigenvalue weighted by Crippen LogP contribution is -2.39. The van der Waals surface area contributed by atoms with Gasteiger partial charge in [0.25, 0.3) is 5.91 Å². The van der Waals surface area contributed by atoms with Crippen LogP contribution in [0.3, 0.4) is 0 Å². The monoisotopic (exact) mass is 543 g/mol. The van der Waals surface area contributed by atoms with Crippen LogP contribution in [0, 0.1) is 5.92 Å². The normalized spacial score (nSPS) is 12.5. The summed E-state index contributed by atoms with van der Waals surface area (Å²) in [6, 6.07) is 12.3. The van der Waals surface area contributed by atoms with Crippen molar-refractivity contribution >= 4 is 46.0 Å². The fourth-order valence-corrected chi connectivity index (χ4v) is 5.31. The van der Waals surface area contributed by atoms with Crippen LogP contribution in [0.15, 0.2) is 48.7 Å². The number of aryl methyl sites for hydroxylation is 1. The lowest BCUT2D eigenvalue weighted by atomic mass is 9.99. The van der Waals surface area contributed by atoms with Crippen molar-refractivity contribution in [3.63, 3.8) is 0 Å². The van der Waals surface area contributed by atoms with Crippen LogP contribution in [0.4, 0.5) is 0 Å². The molecule has 37 heavy (non-hydrogen) atoms. The summed E-state index contributed by atoms with van der Waals surface area (Å²) in [7, 11) is 0. The van der Waals surface area contributed by atoms with E-state index in [4.69, 9.17) is 10.5 Å². The summed E-state index contributed by atoms with van der Waals surface area (Å²) in [6.45, 7) is 3.63. The zero-order valence-electron chi connectivity index (χ0n) is 20.6. The molecule has 0 aliphatic rings. The summed E-state index contributed by atoms with van der Waals surface area (Å²) < 4.78 is 6.70. The Labute approximate surface area is 222 Å². The molecule has 12 heteroatoms. The Kier molecular flexibility index (Phi) is 10.4. The van der Waals surface area contributed by atoms with E-state index in [1.807, 2.05) is 36.4 Å². The van der Waals surface area contributed by atoms with E-state index in [0.717, 1.165) is 22.2 Å². The van der Waals surface area contributed by atoms with E-state index in [2.05, 4.69) is 15.6 Å². The molecule has 3 aromatic rings. The van der Waals surface area contributed by atoms with Crippen molar-refractivity contribution in [1.82, 2.24) is 20.3 Å². The molecule has 0 fully saturated rings. The van der Waals surface area contributed by atoms with Crippen molar-refractivity contribution in [2.45, 2.75) is 39.3 Å².